The Morgan fingerprint density at radius 3 is 2.82 bits per heavy atom. The summed E-state index contributed by atoms with van der Waals surface area (Å²) in [6, 6.07) is 7.64. The highest BCUT2D eigenvalue weighted by atomic mass is 35.5. The Morgan fingerprint density at radius 1 is 1.35 bits per heavy atom. The average molecular weight is 270 g/mol. The molecule has 90 valence electrons. The van der Waals surface area contributed by atoms with Gasteiger partial charge in [0.05, 0.1) is 17.3 Å². The summed E-state index contributed by atoms with van der Waals surface area (Å²) in [5, 5.41) is 8.98. The van der Waals surface area contributed by atoms with Gasteiger partial charge in [0.2, 0.25) is 0 Å². The maximum atomic E-state index is 5.92. The fourth-order valence-electron chi connectivity index (χ4n) is 1.52. The van der Waals surface area contributed by atoms with Gasteiger partial charge in [-0.1, -0.05) is 29.3 Å². The maximum Gasteiger partial charge on any atom is 0.0814 e. The van der Waals surface area contributed by atoms with Crippen LogP contribution in [0.1, 0.15) is 5.69 Å². The standard InChI is InChI=1S/C12H13Cl2N3/c1-9-12(14)8-17(16-9)6-5-15-11-4-2-3-10(13)7-11/h2-4,7-8,15H,5-6H2,1H3. The summed E-state index contributed by atoms with van der Waals surface area (Å²) in [6.07, 6.45) is 1.83. The monoisotopic (exact) mass is 269 g/mol. The number of nitrogens with one attached hydrogen (secondary N) is 1. The number of nitrogens with zero attached hydrogens (tertiary/aromatic N) is 2. The Kier molecular flexibility index (Phi) is 3.92. The third-order valence-electron chi connectivity index (χ3n) is 2.38. The van der Waals surface area contributed by atoms with E-state index in [1.807, 2.05) is 42.1 Å². The van der Waals surface area contributed by atoms with E-state index in [1.54, 1.807) is 0 Å². The molecular weight excluding hydrogens is 257 g/mol. The van der Waals surface area contributed by atoms with Gasteiger partial charge in [0, 0.05) is 23.5 Å². The van der Waals surface area contributed by atoms with Crippen LogP contribution in [-0.2, 0) is 6.54 Å². The highest BCUT2D eigenvalue weighted by Gasteiger charge is 2.01. The van der Waals surface area contributed by atoms with Crippen LogP contribution >= 0.6 is 23.2 Å². The van der Waals surface area contributed by atoms with Gasteiger partial charge in [-0.05, 0) is 25.1 Å². The van der Waals surface area contributed by atoms with Gasteiger partial charge < -0.3 is 5.32 Å². The summed E-state index contributed by atoms with van der Waals surface area (Å²) in [7, 11) is 0. The predicted octanol–water partition coefficient (Wildman–Crippen LogP) is 3.61. The molecule has 0 spiro atoms. The molecule has 0 saturated carbocycles. The summed E-state index contributed by atoms with van der Waals surface area (Å²) in [5.74, 6) is 0. The van der Waals surface area contributed by atoms with Gasteiger partial charge in [-0.2, -0.15) is 5.10 Å². The zero-order chi connectivity index (χ0) is 12.3. The minimum atomic E-state index is 0.702. The molecular formula is C12H13Cl2N3. The second-order valence-corrected chi connectivity index (χ2v) is 4.61. The maximum absolute atomic E-state index is 5.92. The van der Waals surface area contributed by atoms with Gasteiger partial charge in [0.25, 0.3) is 0 Å². The molecule has 17 heavy (non-hydrogen) atoms. The minimum absolute atomic E-state index is 0.702. The van der Waals surface area contributed by atoms with Crippen molar-refractivity contribution >= 4 is 28.9 Å². The average Bonchev–Trinajstić information content (AvgIpc) is 2.58. The Morgan fingerprint density at radius 2 is 2.18 bits per heavy atom. The van der Waals surface area contributed by atoms with E-state index in [1.165, 1.54) is 0 Å². The zero-order valence-electron chi connectivity index (χ0n) is 9.45. The molecule has 0 aliphatic rings. The highest BCUT2D eigenvalue weighted by Crippen LogP contribution is 2.15. The van der Waals surface area contributed by atoms with Crippen molar-refractivity contribution in [2.45, 2.75) is 13.5 Å². The number of anilines is 1. The smallest absolute Gasteiger partial charge is 0.0814 e. The Labute approximate surface area is 110 Å². The van der Waals surface area contributed by atoms with Crippen molar-refractivity contribution < 1.29 is 0 Å². The van der Waals surface area contributed by atoms with Crippen molar-refractivity contribution in [3.8, 4) is 0 Å². The van der Waals surface area contributed by atoms with Gasteiger partial charge in [0.1, 0.15) is 0 Å². The molecule has 0 amide bonds. The topological polar surface area (TPSA) is 29.9 Å². The van der Waals surface area contributed by atoms with Crippen molar-refractivity contribution in [3.05, 3.63) is 46.2 Å². The highest BCUT2D eigenvalue weighted by molar-refractivity contribution is 6.31. The Balaban J connectivity index is 1.87. The van der Waals surface area contributed by atoms with E-state index < -0.39 is 0 Å². The van der Waals surface area contributed by atoms with Crippen molar-refractivity contribution in [2.24, 2.45) is 0 Å². The third-order valence-corrected chi connectivity index (χ3v) is 2.99. The van der Waals surface area contributed by atoms with Crippen molar-refractivity contribution in [2.75, 3.05) is 11.9 Å². The van der Waals surface area contributed by atoms with E-state index in [0.29, 0.717) is 5.02 Å². The molecule has 5 heteroatoms. The fourth-order valence-corrected chi connectivity index (χ4v) is 1.86. The Bertz CT molecular complexity index is 489. The van der Waals surface area contributed by atoms with Gasteiger partial charge in [-0.3, -0.25) is 4.68 Å². The number of aryl methyl sites for hydroxylation is 1. The SMILES string of the molecule is Cc1nn(CCNc2cccc(Cl)c2)cc1Cl. The van der Waals surface area contributed by atoms with Crippen molar-refractivity contribution in [1.29, 1.82) is 0 Å². The number of benzene rings is 1. The molecule has 1 N–H and O–H groups in total. The van der Waals surface area contributed by atoms with Crippen LogP contribution in [0.5, 0.6) is 0 Å². The van der Waals surface area contributed by atoms with E-state index >= 15 is 0 Å². The number of hydrogen-bond acceptors (Lipinski definition) is 2. The van der Waals surface area contributed by atoms with E-state index in [-0.39, 0.29) is 0 Å². The number of aromatic nitrogens is 2. The first-order valence-electron chi connectivity index (χ1n) is 5.34. The molecule has 2 rings (SSSR count). The fraction of sp³-hybridized carbons (Fsp3) is 0.250. The normalized spacial score (nSPS) is 10.5. The second-order valence-electron chi connectivity index (χ2n) is 3.76. The van der Waals surface area contributed by atoms with Crippen LogP contribution in [-0.4, -0.2) is 16.3 Å². The molecule has 0 atom stereocenters. The van der Waals surface area contributed by atoms with Crippen LogP contribution in [0.2, 0.25) is 10.0 Å². The first-order valence-corrected chi connectivity index (χ1v) is 6.10. The quantitative estimate of drug-likeness (QED) is 0.919. The van der Waals surface area contributed by atoms with Gasteiger partial charge >= 0.3 is 0 Å². The van der Waals surface area contributed by atoms with Crippen LogP contribution in [0, 0.1) is 6.92 Å². The number of halogens is 2. The lowest BCUT2D eigenvalue weighted by atomic mass is 10.3. The number of rotatable bonds is 4. The summed E-state index contributed by atoms with van der Waals surface area (Å²) in [6.45, 7) is 3.43. The predicted molar refractivity (Wildman–Crippen MR) is 71.9 cm³/mol. The molecule has 3 nitrogen and oxygen atoms in total. The molecule has 0 fully saturated rings. The minimum Gasteiger partial charge on any atom is -0.383 e. The summed E-state index contributed by atoms with van der Waals surface area (Å²) in [5.41, 5.74) is 1.86. The third kappa shape index (κ3) is 3.38. The first kappa shape index (κ1) is 12.3. The lowest BCUT2D eigenvalue weighted by Crippen LogP contribution is -2.10. The second kappa shape index (κ2) is 5.43. The molecule has 0 radical (unpaired) electrons. The summed E-state index contributed by atoms with van der Waals surface area (Å²) < 4.78 is 1.83. The van der Waals surface area contributed by atoms with Gasteiger partial charge in [-0.15, -0.1) is 0 Å². The molecule has 1 heterocycles. The first-order chi connectivity index (χ1) is 8.15. The molecule has 0 bridgehead atoms. The zero-order valence-corrected chi connectivity index (χ0v) is 11.0. The summed E-state index contributed by atoms with van der Waals surface area (Å²) >= 11 is 11.8. The van der Waals surface area contributed by atoms with E-state index in [0.717, 1.165) is 29.5 Å². The lowest BCUT2D eigenvalue weighted by molar-refractivity contribution is 0.632. The van der Waals surface area contributed by atoms with E-state index in [2.05, 4.69) is 10.4 Å². The van der Waals surface area contributed by atoms with Crippen LogP contribution in [0.15, 0.2) is 30.5 Å². The molecule has 0 saturated heterocycles. The van der Waals surface area contributed by atoms with Crippen molar-refractivity contribution in [1.82, 2.24) is 9.78 Å². The van der Waals surface area contributed by atoms with Crippen LogP contribution in [0.4, 0.5) is 5.69 Å². The molecule has 0 aliphatic heterocycles. The van der Waals surface area contributed by atoms with Crippen LogP contribution in [0.3, 0.4) is 0 Å². The van der Waals surface area contributed by atoms with Crippen molar-refractivity contribution in [3.63, 3.8) is 0 Å². The molecule has 1 aromatic heterocycles. The Hall–Kier alpha value is -1.19. The lowest BCUT2D eigenvalue weighted by Gasteiger charge is -2.06. The van der Waals surface area contributed by atoms with Gasteiger partial charge in [0.15, 0.2) is 0 Å². The van der Waals surface area contributed by atoms with Gasteiger partial charge in [-0.25, -0.2) is 0 Å². The van der Waals surface area contributed by atoms with E-state index in [4.69, 9.17) is 23.2 Å². The molecule has 2 aromatic rings. The van der Waals surface area contributed by atoms with Crippen LogP contribution in [0.25, 0.3) is 0 Å². The largest absolute Gasteiger partial charge is 0.383 e. The molecule has 1 aromatic carbocycles. The molecule has 0 aliphatic carbocycles. The van der Waals surface area contributed by atoms with Crippen LogP contribution < -0.4 is 5.32 Å². The van der Waals surface area contributed by atoms with E-state index in [9.17, 15) is 0 Å². The number of hydrogen-bond donors (Lipinski definition) is 1. The summed E-state index contributed by atoms with van der Waals surface area (Å²) in [4.78, 5) is 0. The molecule has 0 unspecified atom stereocenters.